The monoisotopic (exact) mass is 758 g/mol. The minimum Gasteiger partial charge on any atom is -0.309 e. The highest BCUT2D eigenvalue weighted by atomic mass is 32.2. The van der Waals surface area contributed by atoms with Crippen molar-refractivity contribution in [2.24, 2.45) is 0 Å². The fraction of sp³-hybridized carbons (Fsp3) is 0.0377. The van der Waals surface area contributed by atoms with Crippen LogP contribution in [0.5, 0.6) is 0 Å². The lowest BCUT2D eigenvalue weighted by atomic mass is 9.89. The Hall–Kier alpha value is -7.08. The lowest BCUT2D eigenvalue weighted by Crippen LogP contribution is -2.09. The molecule has 10 aromatic rings. The number of rotatable bonds is 5. The van der Waals surface area contributed by atoms with Gasteiger partial charge in [0.2, 0.25) is 0 Å². The van der Waals surface area contributed by atoms with Crippen LogP contribution in [0.25, 0.3) is 94.3 Å². The first-order chi connectivity index (χ1) is 28.7. The van der Waals surface area contributed by atoms with Gasteiger partial charge in [0.05, 0.1) is 11.0 Å². The first kappa shape index (κ1) is 33.1. The van der Waals surface area contributed by atoms with Crippen LogP contribution in [0.3, 0.4) is 0 Å². The Morgan fingerprint density at radius 1 is 0.448 bits per heavy atom. The Morgan fingerprint density at radius 3 is 1.88 bits per heavy atom. The van der Waals surface area contributed by atoms with Crippen molar-refractivity contribution in [2.75, 3.05) is 0 Å². The van der Waals surface area contributed by atoms with Gasteiger partial charge in [-0.2, -0.15) is 0 Å². The van der Waals surface area contributed by atoms with Gasteiger partial charge in [0, 0.05) is 49.2 Å². The molecule has 272 valence electrons. The maximum atomic E-state index is 5.17. The molecule has 0 bridgehead atoms. The summed E-state index contributed by atoms with van der Waals surface area (Å²) in [5.74, 6) is 2.33. The second-order valence-corrected chi connectivity index (χ2v) is 16.3. The van der Waals surface area contributed by atoms with Crippen molar-refractivity contribution >= 4 is 55.1 Å². The van der Waals surface area contributed by atoms with Crippen molar-refractivity contribution in [3.63, 3.8) is 0 Å². The Labute approximate surface area is 339 Å². The zero-order chi connectivity index (χ0) is 38.2. The number of hydrogen-bond acceptors (Lipinski definition) is 4. The zero-order valence-corrected chi connectivity index (χ0v) is 32.1. The number of benzene rings is 8. The van der Waals surface area contributed by atoms with Crippen LogP contribution in [0.2, 0.25) is 0 Å². The molecule has 8 aromatic carbocycles. The molecule has 0 radical (unpaired) electrons. The van der Waals surface area contributed by atoms with Crippen LogP contribution >= 0.6 is 11.8 Å². The van der Waals surface area contributed by atoms with Gasteiger partial charge in [-0.15, -0.1) is 11.8 Å². The molecule has 0 saturated carbocycles. The summed E-state index contributed by atoms with van der Waals surface area (Å²) >= 11 is 1.92. The van der Waals surface area contributed by atoms with Gasteiger partial charge in [0.1, 0.15) is 0 Å². The van der Waals surface area contributed by atoms with Crippen molar-refractivity contribution in [1.29, 1.82) is 0 Å². The molecule has 2 aliphatic rings. The normalized spacial score (nSPS) is 15.7. The van der Waals surface area contributed by atoms with E-state index in [-0.39, 0.29) is 0 Å². The summed E-state index contributed by atoms with van der Waals surface area (Å²) in [6.45, 7) is 0. The van der Waals surface area contributed by atoms with Gasteiger partial charge >= 0.3 is 0 Å². The van der Waals surface area contributed by atoms with Crippen LogP contribution < -0.4 is 0 Å². The standard InChI is InChI=1S/C53H34N4S/c1-2-12-36(13-3-1)51-54-52(56-53(55-51)43-18-10-20-48-50(43)42-17-8-9-19-47(42)58-48)37-23-21-33(22-24-37)34-25-28-40(29-26-34)57-45-30-27-35-11-6-7-16-41(35)49(45)44-31-38-14-4-5-15-39(38)32-46(44)57/h1-32,42,47H. The van der Waals surface area contributed by atoms with E-state index in [2.05, 4.69) is 181 Å². The molecule has 5 heteroatoms. The van der Waals surface area contributed by atoms with E-state index in [9.17, 15) is 0 Å². The van der Waals surface area contributed by atoms with Crippen LogP contribution in [0, 0.1) is 0 Å². The Balaban J connectivity index is 0.930. The topological polar surface area (TPSA) is 43.6 Å². The van der Waals surface area contributed by atoms with Gasteiger partial charge in [-0.1, -0.05) is 158 Å². The number of fused-ring (bicyclic) bond motifs is 9. The molecule has 0 N–H and O–H groups in total. The third-order valence-corrected chi connectivity index (χ3v) is 13.1. The van der Waals surface area contributed by atoms with Crippen LogP contribution in [0.4, 0.5) is 0 Å². The number of aromatic nitrogens is 4. The molecule has 58 heavy (non-hydrogen) atoms. The molecular formula is C53H34N4S. The highest BCUT2D eigenvalue weighted by molar-refractivity contribution is 8.00. The average Bonchev–Trinajstić information content (AvgIpc) is 3.84. The molecule has 3 heterocycles. The fourth-order valence-corrected chi connectivity index (χ4v) is 10.4. The lowest BCUT2D eigenvalue weighted by molar-refractivity contribution is 0.879. The van der Waals surface area contributed by atoms with E-state index < -0.39 is 0 Å². The SMILES string of the molecule is C1=CC2Sc3cccc(-c4nc(-c5ccccc5)nc(-c5ccc(-c6ccc(-n7c8cc9ccccc9cc8c8c9ccccc9ccc87)cc6)cc5)n4)c3C2C=C1. The molecular weight excluding hydrogens is 725 g/mol. The van der Waals surface area contributed by atoms with Gasteiger partial charge in [-0.05, 0) is 74.6 Å². The number of thioether (sulfide) groups is 1. The fourth-order valence-electron chi connectivity index (χ4n) is 9.00. The van der Waals surface area contributed by atoms with Crippen molar-refractivity contribution < 1.29 is 0 Å². The smallest absolute Gasteiger partial charge is 0.164 e. The van der Waals surface area contributed by atoms with E-state index >= 15 is 0 Å². The summed E-state index contributed by atoms with van der Waals surface area (Å²) in [5, 5.41) is 7.96. The maximum absolute atomic E-state index is 5.17. The summed E-state index contributed by atoms with van der Waals surface area (Å²) in [5.41, 5.74) is 10.1. The molecule has 1 aliphatic heterocycles. The summed E-state index contributed by atoms with van der Waals surface area (Å²) in [7, 11) is 0. The molecule has 0 amide bonds. The van der Waals surface area contributed by atoms with E-state index in [1.54, 1.807) is 0 Å². The Bertz CT molecular complexity index is 3310. The summed E-state index contributed by atoms with van der Waals surface area (Å²) in [4.78, 5) is 16.6. The average molecular weight is 759 g/mol. The van der Waals surface area contributed by atoms with E-state index in [0.29, 0.717) is 28.6 Å². The molecule has 0 fully saturated rings. The summed E-state index contributed by atoms with van der Waals surface area (Å²) < 4.78 is 2.42. The minimum absolute atomic E-state index is 0.294. The molecule has 1 aliphatic carbocycles. The van der Waals surface area contributed by atoms with E-state index in [1.165, 1.54) is 53.8 Å². The maximum Gasteiger partial charge on any atom is 0.164 e. The van der Waals surface area contributed by atoms with Crippen molar-refractivity contribution in [2.45, 2.75) is 16.1 Å². The quantitative estimate of drug-likeness (QED) is 0.175. The second kappa shape index (κ2) is 13.3. The van der Waals surface area contributed by atoms with Crippen LogP contribution in [-0.2, 0) is 0 Å². The predicted octanol–water partition coefficient (Wildman–Crippen LogP) is 13.6. The van der Waals surface area contributed by atoms with Crippen LogP contribution in [-0.4, -0.2) is 24.8 Å². The first-order valence-electron chi connectivity index (χ1n) is 19.8. The van der Waals surface area contributed by atoms with Gasteiger partial charge in [0.25, 0.3) is 0 Å². The van der Waals surface area contributed by atoms with E-state index in [0.717, 1.165) is 33.5 Å². The molecule has 2 atom stereocenters. The molecule has 4 nitrogen and oxygen atoms in total. The molecule has 12 rings (SSSR count). The van der Waals surface area contributed by atoms with Crippen molar-refractivity contribution in [3.8, 4) is 51.0 Å². The van der Waals surface area contributed by atoms with Gasteiger partial charge in [-0.25, -0.2) is 15.0 Å². The molecule has 0 spiro atoms. The third kappa shape index (κ3) is 5.35. The van der Waals surface area contributed by atoms with Gasteiger partial charge < -0.3 is 4.57 Å². The highest BCUT2D eigenvalue weighted by Gasteiger charge is 2.34. The van der Waals surface area contributed by atoms with Crippen molar-refractivity contribution in [1.82, 2.24) is 19.5 Å². The molecule has 2 unspecified atom stereocenters. The van der Waals surface area contributed by atoms with E-state index in [1.807, 2.05) is 30.0 Å². The molecule has 0 saturated heterocycles. The second-order valence-electron chi connectivity index (χ2n) is 15.1. The first-order valence-corrected chi connectivity index (χ1v) is 20.6. The number of hydrogen-bond donors (Lipinski definition) is 0. The predicted molar refractivity (Wildman–Crippen MR) is 242 cm³/mol. The zero-order valence-electron chi connectivity index (χ0n) is 31.3. The Kier molecular flexibility index (Phi) is 7.57. The third-order valence-electron chi connectivity index (χ3n) is 11.8. The molecule has 2 aromatic heterocycles. The summed E-state index contributed by atoms with van der Waals surface area (Å²) in [6, 6.07) is 60.9. The van der Waals surface area contributed by atoms with Gasteiger partial charge in [-0.3, -0.25) is 0 Å². The van der Waals surface area contributed by atoms with E-state index in [4.69, 9.17) is 15.0 Å². The van der Waals surface area contributed by atoms with Crippen LogP contribution in [0.1, 0.15) is 11.5 Å². The lowest BCUT2D eigenvalue weighted by Gasteiger charge is -2.17. The van der Waals surface area contributed by atoms with Gasteiger partial charge in [0.15, 0.2) is 17.5 Å². The largest absolute Gasteiger partial charge is 0.309 e. The summed E-state index contributed by atoms with van der Waals surface area (Å²) in [6.07, 6.45) is 8.92. The van der Waals surface area contributed by atoms with Crippen molar-refractivity contribution in [3.05, 3.63) is 200 Å². The van der Waals surface area contributed by atoms with Crippen LogP contribution in [0.15, 0.2) is 199 Å². The number of allylic oxidation sites excluding steroid dienone is 3. The number of nitrogens with zero attached hydrogens (tertiary/aromatic N) is 4. The highest BCUT2D eigenvalue weighted by Crippen LogP contribution is 2.51. The Morgan fingerprint density at radius 2 is 1.09 bits per heavy atom. The minimum atomic E-state index is 0.294.